The fourth-order valence-corrected chi connectivity index (χ4v) is 6.68. The summed E-state index contributed by atoms with van der Waals surface area (Å²) in [6, 6.07) is 0. The number of esters is 1. The van der Waals surface area contributed by atoms with Crippen LogP contribution in [-0.4, -0.2) is 23.1 Å². The van der Waals surface area contributed by atoms with Gasteiger partial charge in [0.15, 0.2) is 0 Å². The van der Waals surface area contributed by atoms with Crippen LogP contribution in [0.1, 0.15) is 239 Å². The Labute approximate surface area is 323 Å². The van der Waals surface area contributed by atoms with Crippen molar-refractivity contribution < 1.29 is 19.4 Å². The topological polar surface area (TPSA) is 63.6 Å². The third-order valence-corrected chi connectivity index (χ3v) is 10.1. The predicted octanol–water partition coefficient (Wildman–Crippen LogP) is 15.9. The fraction of sp³-hybridized carbons (Fsp3) is 0.792. The largest absolute Gasteiger partial charge is 0.481 e. The first-order valence-corrected chi connectivity index (χ1v) is 22.6. The number of carboxylic acids is 1. The SMILES string of the molecule is CCCCC/C=C\C/C=C\C/C=C\C/C=C\CCCCCCCC(=O)OC(CCCC)CCCCCCCCCCCCCCCCCCC(=O)O. The van der Waals surface area contributed by atoms with Crippen molar-refractivity contribution in [1.82, 2.24) is 0 Å². The van der Waals surface area contributed by atoms with Crippen LogP contribution in [0, 0.1) is 0 Å². The lowest BCUT2D eigenvalue weighted by atomic mass is 10.0. The van der Waals surface area contributed by atoms with E-state index in [2.05, 4.69) is 62.5 Å². The molecule has 4 heteroatoms. The minimum Gasteiger partial charge on any atom is -0.481 e. The zero-order valence-electron chi connectivity index (χ0n) is 34.6. The first kappa shape index (κ1) is 49.9. The van der Waals surface area contributed by atoms with Gasteiger partial charge in [-0.1, -0.05) is 197 Å². The second-order valence-corrected chi connectivity index (χ2v) is 15.2. The zero-order valence-corrected chi connectivity index (χ0v) is 34.6. The molecule has 1 unspecified atom stereocenters. The number of aliphatic carboxylic acids is 1. The van der Waals surface area contributed by atoms with Crippen molar-refractivity contribution in [2.75, 3.05) is 0 Å². The van der Waals surface area contributed by atoms with E-state index < -0.39 is 5.97 Å². The van der Waals surface area contributed by atoms with Gasteiger partial charge in [-0.3, -0.25) is 9.59 Å². The number of carbonyl (C=O) groups excluding carboxylic acids is 1. The van der Waals surface area contributed by atoms with Gasteiger partial charge in [-0.25, -0.2) is 0 Å². The Hall–Kier alpha value is -2.10. The summed E-state index contributed by atoms with van der Waals surface area (Å²) in [6.45, 7) is 4.47. The van der Waals surface area contributed by atoms with Crippen molar-refractivity contribution in [3.8, 4) is 0 Å². The molecule has 0 aliphatic rings. The third kappa shape index (κ3) is 42.3. The molecule has 0 rings (SSSR count). The Morgan fingerprint density at radius 1 is 0.423 bits per heavy atom. The minimum absolute atomic E-state index is 0.0233. The predicted molar refractivity (Wildman–Crippen MR) is 227 cm³/mol. The molecule has 0 saturated carbocycles. The van der Waals surface area contributed by atoms with Crippen molar-refractivity contribution in [3.63, 3.8) is 0 Å². The second kappa shape index (κ2) is 43.3. The lowest BCUT2D eigenvalue weighted by Gasteiger charge is -2.18. The third-order valence-electron chi connectivity index (χ3n) is 10.1. The van der Waals surface area contributed by atoms with Crippen LogP contribution < -0.4 is 0 Å². The first-order valence-electron chi connectivity index (χ1n) is 22.6. The van der Waals surface area contributed by atoms with E-state index in [9.17, 15) is 9.59 Å². The molecule has 52 heavy (non-hydrogen) atoms. The number of carboxylic acid groups (broad SMARTS) is 1. The lowest BCUT2D eigenvalue weighted by molar-refractivity contribution is -0.150. The average Bonchev–Trinajstić information content (AvgIpc) is 3.13. The summed E-state index contributed by atoms with van der Waals surface area (Å²) in [5, 5.41) is 8.68. The monoisotopic (exact) mass is 727 g/mol. The minimum atomic E-state index is -0.664. The molecule has 0 amide bonds. The molecular formula is C48H86O4. The number of ether oxygens (including phenoxy) is 1. The van der Waals surface area contributed by atoms with Gasteiger partial charge in [-0.15, -0.1) is 0 Å². The quantitative estimate of drug-likeness (QED) is 0.0387. The maximum Gasteiger partial charge on any atom is 0.306 e. The van der Waals surface area contributed by atoms with Gasteiger partial charge in [-0.05, 0) is 77.0 Å². The molecule has 0 bridgehead atoms. The van der Waals surface area contributed by atoms with Crippen LogP contribution in [0.3, 0.4) is 0 Å². The summed E-state index contributed by atoms with van der Waals surface area (Å²) in [6.07, 6.45) is 59.1. The summed E-state index contributed by atoms with van der Waals surface area (Å²) >= 11 is 0. The Kier molecular flexibility index (Phi) is 41.6. The Morgan fingerprint density at radius 3 is 1.21 bits per heavy atom. The van der Waals surface area contributed by atoms with E-state index in [-0.39, 0.29) is 12.1 Å². The molecule has 0 spiro atoms. The molecule has 0 aromatic rings. The molecule has 0 radical (unpaired) electrons. The van der Waals surface area contributed by atoms with Crippen molar-refractivity contribution in [2.24, 2.45) is 0 Å². The van der Waals surface area contributed by atoms with Gasteiger partial charge < -0.3 is 9.84 Å². The summed E-state index contributed by atoms with van der Waals surface area (Å²) in [5.41, 5.74) is 0. The number of allylic oxidation sites excluding steroid dienone is 8. The molecule has 1 N–H and O–H groups in total. The molecule has 0 aromatic heterocycles. The first-order chi connectivity index (χ1) is 25.6. The van der Waals surface area contributed by atoms with Crippen LogP contribution >= 0.6 is 0 Å². The highest BCUT2D eigenvalue weighted by Crippen LogP contribution is 2.18. The zero-order chi connectivity index (χ0) is 37.8. The van der Waals surface area contributed by atoms with E-state index in [4.69, 9.17) is 9.84 Å². The van der Waals surface area contributed by atoms with Gasteiger partial charge in [0.05, 0.1) is 0 Å². The maximum absolute atomic E-state index is 12.6. The second-order valence-electron chi connectivity index (χ2n) is 15.2. The van der Waals surface area contributed by atoms with Crippen LogP contribution in [0.5, 0.6) is 0 Å². The molecule has 1 atom stereocenters. The Morgan fingerprint density at radius 2 is 0.769 bits per heavy atom. The van der Waals surface area contributed by atoms with E-state index in [1.165, 1.54) is 135 Å². The van der Waals surface area contributed by atoms with E-state index in [1.807, 2.05) is 0 Å². The van der Waals surface area contributed by atoms with Crippen molar-refractivity contribution in [2.45, 2.75) is 245 Å². The molecule has 0 fully saturated rings. The van der Waals surface area contributed by atoms with Crippen LogP contribution in [0.4, 0.5) is 0 Å². The van der Waals surface area contributed by atoms with Gasteiger partial charge in [-0.2, -0.15) is 0 Å². The summed E-state index contributed by atoms with van der Waals surface area (Å²) in [5.74, 6) is -0.641. The number of unbranched alkanes of at least 4 members (excludes halogenated alkanes) is 24. The van der Waals surface area contributed by atoms with Gasteiger partial charge in [0.25, 0.3) is 0 Å². The van der Waals surface area contributed by atoms with Crippen molar-refractivity contribution in [3.05, 3.63) is 48.6 Å². The van der Waals surface area contributed by atoms with E-state index in [1.54, 1.807) is 0 Å². The lowest BCUT2D eigenvalue weighted by Crippen LogP contribution is -2.18. The Balaban J connectivity index is 3.66. The average molecular weight is 727 g/mol. The molecule has 302 valence electrons. The highest BCUT2D eigenvalue weighted by Gasteiger charge is 2.14. The van der Waals surface area contributed by atoms with Gasteiger partial charge in [0, 0.05) is 12.8 Å². The molecule has 0 aliphatic carbocycles. The van der Waals surface area contributed by atoms with Crippen LogP contribution in [-0.2, 0) is 14.3 Å². The number of carbonyl (C=O) groups is 2. The summed E-state index contributed by atoms with van der Waals surface area (Å²) in [7, 11) is 0. The normalized spacial score (nSPS) is 12.7. The van der Waals surface area contributed by atoms with Gasteiger partial charge in [0.1, 0.15) is 6.10 Å². The highest BCUT2D eigenvalue weighted by atomic mass is 16.5. The Bertz CT molecular complexity index is 870. The van der Waals surface area contributed by atoms with Crippen LogP contribution in [0.15, 0.2) is 48.6 Å². The fourth-order valence-electron chi connectivity index (χ4n) is 6.68. The van der Waals surface area contributed by atoms with Crippen LogP contribution in [0.25, 0.3) is 0 Å². The molecule has 0 saturated heterocycles. The van der Waals surface area contributed by atoms with Crippen LogP contribution in [0.2, 0.25) is 0 Å². The highest BCUT2D eigenvalue weighted by molar-refractivity contribution is 5.69. The summed E-state index contributed by atoms with van der Waals surface area (Å²) in [4.78, 5) is 23.1. The van der Waals surface area contributed by atoms with Gasteiger partial charge in [0.2, 0.25) is 0 Å². The molecule has 0 aliphatic heterocycles. The standard InChI is InChI=1S/C48H86O4/c1-3-5-7-8-9-10-11-12-13-14-15-16-17-18-23-26-29-32-35-38-41-45-48(51)52-46(42-6-4-2)43-39-36-33-30-27-24-21-19-20-22-25-28-31-34-37-40-44-47(49)50/h9-10,12-13,15-16,18,23,46H,3-8,11,14,17,19-22,24-45H2,1-2H3,(H,49,50)/b10-9-,13-12-,16-15-,23-18-. The van der Waals surface area contributed by atoms with Crippen molar-refractivity contribution >= 4 is 11.9 Å². The molecule has 0 heterocycles. The smallest absolute Gasteiger partial charge is 0.306 e. The maximum atomic E-state index is 12.6. The molecule has 4 nitrogen and oxygen atoms in total. The number of hydrogen-bond donors (Lipinski definition) is 1. The number of hydrogen-bond acceptors (Lipinski definition) is 3. The molecule has 0 aromatic carbocycles. The summed E-state index contributed by atoms with van der Waals surface area (Å²) < 4.78 is 5.95. The van der Waals surface area contributed by atoms with Gasteiger partial charge >= 0.3 is 11.9 Å². The number of rotatable bonds is 41. The van der Waals surface area contributed by atoms with E-state index in [0.29, 0.717) is 12.8 Å². The molecular weight excluding hydrogens is 641 g/mol. The van der Waals surface area contributed by atoms with E-state index in [0.717, 1.165) is 77.0 Å². The van der Waals surface area contributed by atoms with E-state index >= 15 is 0 Å². The van der Waals surface area contributed by atoms with Crippen molar-refractivity contribution in [1.29, 1.82) is 0 Å².